The lowest BCUT2D eigenvalue weighted by Crippen LogP contribution is -2.40. The van der Waals surface area contributed by atoms with Crippen LogP contribution in [0.25, 0.3) is 0 Å². The molecule has 0 bridgehead atoms. The van der Waals surface area contributed by atoms with Crippen molar-refractivity contribution in [2.75, 3.05) is 11.8 Å². The molecule has 0 saturated heterocycles. The van der Waals surface area contributed by atoms with Gasteiger partial charge in [-0.1, -0.05) is 49.4 Å². The van der Waals surface area contributed by atoms with E-state index in [1.165, 1.54) is 30.6 Å². The lowest BCUT2D eigenvalue weighted by molar-refractivity contribution is -0.150. The third kappa shape index (κ3) is 7.88. The molecule has 0 aliphatic carbocycles. The lowest BCUT2D eigenvalue weighted by Gasteiger charge is -2.21. The topological polar surface area (TPSA) is 135 Å². The first-order valence-corrected chi connectivity index (χ1v) is 13.2. The molecule has 35 heavy (non-hydrogen) atoms. The number of anilines is 1. The number of carbonyl (C=O) groups is 2. The summed E-state index contributed by atoms with van der Waals surface area (Å²) in [7, 11) is -3.13. The number of ether oxygens (including phenoxy) is 1. The summed E-state index contributed by atoms with van der Waals surface area (Å²) in [6, 6.07) is 15.1. The molecular formula is C24H27N3O6S2. The van der Waals surface area contributed by atoms with Gasteiger partial charge in [-0.2, -0.15) is 8.42 Å². The first-order valence-electron chi connectivity index (χ1n) is 10.9. The summed E-state index contributed by atoms with van der Waals surface area (Å²) in [4.78, 5) is 30.3. The Morgan fingerprint density at radius 2 is 1.71 bits per heavy atom. The first-order chi connectivity index (χ1) is 16.7. The normalized spacial score (nSPS) is 13.0. The summed E-state index contributed by atoms with van der Waals surface area (Å²) in [5.74, 6) is -2.13. The number of esters is 1. The number of hydrogen-bond donors (Lipinski definition) is 3. The van der Waals surface area contributed by atoms with Gasteiger partial charge in [0.05, 0.1) is 24.5 Å². The van der Waals surface area contributed by atoms with Crippen molar-refractivity contribution in [3.8, 4) is 0 Å². The average Bonchev–Trinajstić information content (AvgIpc) is 3.32. The summed E-state index contributed by atoms with van der Waals surface area (Å²) in [5, 5.41) is 5.58. The molecule has 186 valence electrons. The monoisotopic (exact) mass is 517 g/mol. The van der Waals surface area contributed by atoms with E-state index in [9.17, 15) is 18.0 Å². The summed E-state index contributed by atoms with van der Waals surface area (Å²) >= 11 is 1.42. The molecule has 0 fully saturated rings. The van der Waals surface area contributed by atoms with Crippen LogP contribution in [0.1, 0.15) is 34.8 Å². The fourth-order valence-corrected chi connectivity index (χ4v) is 4.87. The SMILES string of the molecule is CCc1csc([C@H](Cc2ccc(NS(=O)(=O)O)cc2)NC(=O)C(Cc2ccccc2)C(=O)OC)n1. The van der Waals surface area contributed by atoms with Gasteiger partial charge in [-0.3, -0.25) is 18.9 Å². The fourth-order valence-electron chi connectivity index (χ4n) is 3.49. The van der Waals surface area contributed by atoms with Gasteiger partial charge in [0.2, 0.25) is 5.91 Å². The van der Waals surface area contributed by atoms with E-state index in [4.69, 9.17) is 9.29 Å². The molecular weight excluding hydrogens is 490 g/mol. The standard InChI is InChI=1S/C24H27N3O6S2/c1-3-18-15-34-23(25-18)21(14-17-9-11-19(12-10-17)27-35(30,31)32)26-22(28)20(24(29)33-2)13-16-7-5-4-6-8-16/h4-12,15,20-21,27H,3,13-14H2,1-2H3,(H,26,28)(H,30,31,32)/t20?,21-/m0/s1. The Morgan fingerprint density at radius 3 is 2.29 bits per heavy atom. The minimum Gasteiger partial charge on any atom is -0.468 e. The fraction of sp³-hybridized carbons (Fsp3) is 0.292. The van der Waals surface area contributed by atoms with Gasteiger partial charge < -0.3 is 10.1 Å². The number of aromatic nitrogens is 1. The Bertz CT molecular complexity index is 1240. The van der Waals surface area contributed by atoms with Crippen LogP contribution in [0, 0.1) is 5.92 Å². The predicted molar refractivity (Wildman–Crippen MR) is 133 cm³/mol. The van der Waals surface area contributed by atoms with E-state index in [0.717, 1.165) is 23.2 Å². The maximum atomic E-state index is 13.3. The predicted octanol–water partition coefficient (Wildman–Crippen LogP) is 3.35. The lowest BCUT2D eigenvalue weighted by atomic mass is 9.97. The highest BCUT2D eigenvalue weighted by Crippen LogP contribution is 2.25. The van der Waals surface area contributed by atoms with Gasteiger partial charge in [0.15, 0.2) is 0 Å². The smallest absolute Gasteiger partial charge is 0.357 e. The molecule has 3 rings (SSSR count). The molecule has 2 aromatic carbocycles. The van der Waals surface area contributed by atoms with Crippen molar-refractivity contribution < 1.29 is 27.3 Å². The number of amides is 1. The van der Waals surface area contributed by atoms with Crippen LogP contribution in [0.4, 0.5) is 5.69 Å². The quantitative estimate of drug-likeness (QED) is 0.202. The minimum absolute atomic E-state index is 0.195. The van der Waals surface area contributed by atoms with E-state index in [1.54, 1.807) is 12.1 Å². The van der Waals surface area contributed by atoms with E-state index >= 15 is 0 Å². The molecule has 3 aromatic rings. The van der Waals surface area contributed by atoms with Gasteiger partial charge in [0, 0.05) is 5.38 Å². The summed E-state index contributed by atoms with van der Waals surface area (Å²) < 4.78 is 37.9. The van der Waals surface area contributed by atoms with Crippen LogP contribution in [0.3, 0.4) is 0 Å². The third-order valence-corrected chi connectivity index (χ3v) is 6.77. The van der Waals surface area contributed by atoms with Gasteiger partial charge in [-0.05, 0) is 42.5 Å². The molecule has 1 aromatic heterocycles. The molecule has 9 nitrogen and oxygen atoms in total. The minimum atomic E-state index is -4.38. The Hall–Kier alpha value is -3.28. The van der Waals surface area contributed by atoms with E-state index in [0.29, 0.717) is 11.4 Å². The second kappa shape index (κ2) is 11.9. The van der Waals surface area contributed by atoms with Crippen molar-refractivity contribution in [3.63, 3.8) is 0 Å². The Kier molecular flexibility index (Phi) is 8.96. The number of nitrogens with zero attached hydrogens (tertiary/aromatic N) is 1. The number of nitrogens with one attached hydrogen (secondary N) is 2. The molecule has 3 N–H and O–H groups in total. The number of benzene rings is 2. The van der Waals surface area contributed by atoms with Crippen molar-refractivity contribution in [3.05, 3.63) is 81.8 Å². The molecule has 1 heterocycles. The van der Waals surface area contributed by atoms with Crippen molar-refractivity contribution in [1.29, 1.82) is 0 Å². The zero-order chi connectivity index (χ0) is 25.4. The van der Waals surface area contributed by atoms with Crippen LogP contribution < -0.4 is 10.0 Å². The van der Waals surface area contributed by atoms with E-state index in [1.807, 2.05) is 47.4 Å². The van der Waals surface area contributed by atoms with Gasteiger partial charge in [-0.15, -0.1) is 11.3 Å². The highest BCUT2D eigenvalue weighted by molar-refractivity contribution is 7.87. The Balaban J connectivity index is 1.83. The van der Waals surface area contributed by atoms with Gasteiger partial charge in [0.1, 0.15) is 10.9 Å². The van der Waals surface area contributed by atoms with Crippen LogP contribution in [0.5, 0.6) is 0 Å². The van der Waals surface area contributed by atoms with Gasteiger partial charge in [0.25, 0.3) is 0 Å². The number of rotatable bonds is 11. The third-order valence-electron chi connectivity index (χ3n) is 5.27. The number of aryl methyl sites for hydroxylation is 1. The number of carbonyl (C=O) groups excluding carboxylic acids is 2. The number of methoxy groups -OCH3 is 1. The molecule has 0 aliphatic rings. The van der Waals surface area contributed by atoms with Crippen LogP contribution in [-0.4, -0.2) is 36.9 Å². The molecule has 11 heteroatoms. The van der Waals surface area contributed by atoms with Crippen molar-refractivity contribution in [1.82, 2.24) is 10.3 Å². The molecule has 0 spiro atoms. The summed E-state index contributed by atoms with van der Waals surface area (Å²) in [5.41, 5.74) is 2.72. The number of thiazole rings is 1. The van der Waals surface area contributed by atoms with Crippen molar-refractivity contribution >= 4 is 39.2 Å². The Morgan fingerprint density at radius 1 is 1.06 bits per heavy atom. The summed E-state index contributed by atoms with van der Waals surface area (Å²) in [6.45, 7) is 1.99. The highest BCUT2D eigenvalue weighted by atomic mass is 32.2. The zero-order valence-electron chi connectivity index (χ0n) is 19.3. The average molecular weight is 518 g/mol. The van der Waals surface area contributed by atoms with Crippen LogP contribution >= 0.6 is 11.3 Å². The first kappa shape index (κ1) is 26.3. The maximum absolute atomic E-state index is 13.3. The summed E-state index contributed by atoms with van der Waals surface area (Å²) in [6.07, 6.45) is 1.29. The van der Waals surface area contributed by atoms with Crippen LogP contribution in [-0.2, 0) is 43.9 Å². The van der Waals surface area contributed by atoms with Crippen molar-refractivity contribution in [2.45, 2.75) is 32.2 Å². The zero-order valence-corrected chi connectivity index (χ0v) is 20.9. The molecule has 0 radical (unpaired) electrons. The van der Waals surface area contributed by atoms with Crippen LogP contribution in [0.15, 0.2) is 60.0 Å². The van der Waals surface area contributed by atoms with E-state index in [2.05, 4.69) is 10.3 Å². The van der Waals surface area contributed by atoms with Crippen molar-refractivity contribution in [2.24, 2.45) is 5.92 Å². The maximum Gasteiger partial charge on any atom is 0.357 e. The van der Waals surface area contributed by atoms with Gasteiger partial charge in [-0.25, -0.2) is 4.98 Å². The Labute approximate surface area is 208 Å². The molecule has 2 atom stereocenters. The highest BCUT2D eigenvalue weighted by Gasteiger charge is 2.30. The number of hydrogen-bond acceptors (Lipinski definition) is 7. The largest absolute Gasteiger partial charge is 0.468 e. The second-order valence-electron chi connectivity index (χ2n) is 7.84. The van der Waals surface area contributed by atoms with E-state index in [-0.39, 0.29) is 12.1 Å². The molecule has 1 unspecified atom stereocenters. The van der Waals surface area contributed by atoms with Gasteiger partial charge >= 0.3 is 16.3 Å². The van der Waals surface area contributed by atoms with Crippen LogP contribution in [0.2, 0.25) is 0 Å². The second-order valence-corrected chi connectivity index (χ2v) is 9.88. The molecule has 0 aliphatic heterocycles. The molecule has 0 saturated carbocycles. The molecule has 1 amide bonds. The van der Waals surface area contributed by atoms with E-state index < -0.39 is 34.1 Å².